The number of hydrogen-bond acceptors (Lipinski definition) is 12. The second-order valence-corrected chi connectivity index (χ2v) is 39.3. The number of hydrogen-bond donors (Lipinski definition) is 4. The van der Waals surface area contributed by atoms with Crippen molar-refractivity contribution in [2.75, 3.05) is 98.2 Å². The fourth-order valence-electron chi connectivity index (χ4n) is 24.4. The Morgan fingerprint density at radius 1 is 0.365 bits per heavy atom. The van der Waals surface area contributed by atoms with Gasteiger partial charge in [0.25, 0.3) is 0 Å². The number of H-pyrrole nitrogens is 1. The van der Waals surface area contributed by atoms with Gasteiger partial charge in [-0.3, -0.25) is 43.5 Å². The van der Waals surface area contributed by atoms with Crippen LogP contribution in [-0.2, 0) is 46.7 Å². The maximum Gasteiger partial charge on any atom is 0.321 e. The van der Waals surface area contributed by atoms with E-state index in [2.05, 4.69) is 258 Å². The van der Waals surface area contributed by atoms with Crippen molar-refractivity contribution in [3.8, 4) is 0 Å². The Hall–Kier alpha value is -8.88. The van der Waals surface area contributed by atoms with E-state index in [0.717, 1.165) is 220 Å². The van der Waals surface area contributed by atoms with Gasteiger partial charge in [-0.05, 0) is 216 Å². The van der Waals surface area contributed by atoms with Gasteiger partial charge in [-0.1, -0.05) is 254 Å². The van der Waals surface area contributed by atoms with Crippen molar-refractivity contribution in [1.29, 1.82) is 0 Å². The van der Waals surface area contributed by atoms with Crippen LogP contribution in [0.3, 0.4) is 0 Å². The van der Waals surface area contributed by atoms with E-state index in [1.807, 2.05) is 0 Å². The smallest absolute Gasteiger partial charge is 0.321 e. The van der Waals surface area contributed by atoms with E-state index in [9.17, 15) is 29.7 Å². The van der Waals surface area contributed by atoms with Gasteiger partial charge in [-0.15, -0.1) is 0 Å². The number of nitrogens with zero attached hydrogens (tertiary/aromatic N) is 11. The number of rotatable bonds is 31. The Balaban J connectivity index is 0.000000139. The number of benzene rings is 6. The first-order chi connectivity index (χ1) is 61.8. The molecule has 0 bridgehead atoms. The monoisotopic (exact) mass is 1710 g/mol. The maximum atomic E-state index is 12.6. The average Bonchev–Trinajstić information content (AvgIpc) is 1.66. The summed E-state index contributed by atoms with van der Waals surface area (Å²) in [5.74, 6) is 3.09. The summed E-state index contributed by atoms with van der Waals surface area (Å²) < 4.78 is 4.54. The quantitative estimate of drug-likeness (QED) is 0.0320. The number of aromatic nitrogens is 6. The Labute approximate surface area is 751 Å². The Kier molecular flexibility index (Phi) is 32.2. The van der Waals surface area contributed by atoms with Crippen molar-refractivity contribution in [1.82, 2.24) is 59.2 Å². The largest absolute Gasteiger partial charge is 0.480 e. The lowest BCUT2D eigenvalue weighted by Gasteiger charge is -2.35. The predicted octanol–water partition coefficient (Wildman–Crippen LogP) is 19.6. The molecule has 18 heteroatoms. The number of aromatic amines is 1. The summed E-state index contributed by atoms with van der Waals surface area (Å²) in [6.45, 7) is 21.3. The summed E-state index contributed by atoms with van der Waals surface area (Å²) in [5, 5.41) is 49.2. The van der Waals surface area contributed by atoms with Crippen LogP contribution in [0.25, 0.3) is 0 Å². The molecule has 3 aliphatic carbocycles. The molecule has 9 aliphatic rings. The molecule has 6 aromatic carbocycles. The molecule has 0 amide bonds. The van der Waals surface area contributed by atoms with Crippen molar-refractivity contribution in [2.45, 2.75) is 248 Å². The molecule has 0 radical (unpaired) electrons. The van der Waals surface area contributed by atoms with E-state index in [4.69, 9.17) is 15.3 Å². The molecule has 9 aromatic rings. The number of likely N-dealkylation sites (tertiary alicyclic amines) is 6. The second kappa shape index (κ2) is 44.9. The van der Waals surface area contributed by atoms with Gasteiger partial charge < -0.3 is 30.0 Å². The number of carbonyl (C=O) groups is 3. The van der Waals surface area contributed by atoms with E-state index in [0.29, 0.717) is 53.3 Å². The summed E-state index contributed by atoms with van der Waals surface area (Å²) in [4.78, 5) is 52.8. The fourth-order valence-corrected chi connectivity index (χ4v) is 24.4. The first-order valence-corrected chi connectivity index (χ1v) is 49.3. The van der Waals surface area contributed by atoms with Gasteiger partial charge >= 0.3 is 17.9 Å². The number of piperidine rings is 3. The predicted molar refractivity (Wildman–Crippen MR) is 503 cm³/mol. The molecule has 18 rings (SSSR count). The van der Waals surface area contributed by atoms with Gasteiger partial charge in [0.15, 0.2) is 0 Å². The summed E-state index contributed by atoms with van der Waals surface area (Å²) in [6, 6.07) is 70.6. The molecule has 3 saturated carbocycles. The molecule has 0 spiro atoms. The SMILES string of the molecule is CCCn1nc(C2CCN(C[C@H]3CN([C@@H](C(=O)O)C4CCCCC4)C[C@@H]3c3ccccc3)CC2)cc1Cc1ccccc1.CCCn1nc(Cc2ccccc2)cc1C1CCN(C[C@H]2CN([C@@H](C(=O)O)C3CCCCC3)C[C@@H]2c2ccccc2)CC1.O=C(O)[C@@H](C1CCCCC1)N1C[C@H](CN2CCC(c3cc(Cc4ccccc4)[nH]n3)CC2)[C@@H](c2ccccc2)C1. The third-order valence-corrected chi connectivity index (χ3v) is 30.8. The zero-order chi connectivity index (χ0) is 86.5. The van der Waals surface area contributed by atoms with Crippen LogP contribution in [0.4, 0.5) is 0 Å². The zero-order valence-corrected chi connectivity index (χ0v) is 75.6. The summed E-state index contributed by atoms with van der Waals surface area (Å²) >= 11 is 0. The molecule has 3 aromatic heterocycles. The zero-order valence-electron chi connectivity index (χ0n) is 75.6. The average molecular weight is 1710 g/mol. The number of carboxylic acid groups (broad SMARTS) is 3. The molecular formula is C108H144N12O6. The van der Waals surface area contributed by atoms with E-state index in [1.165, 1.54) is 125 Å². The minimum Gasteiger partial charge on any atom is -0.480 e. The molecule has 18 nitrogen and oxygen atoms in total. The van der Waals surface area contributed by atoms with Crippen LogP contribution in [-0.4, -0.2) is 209 Å². The lowest BCUT2D eigenvalue weighted by atomic mass is 9.83. The molecule has 9 heterocycles. The van der Waals surface area contributed by atoms with Gasteiger partial charge in [-0.25, -0.2) is 0 Å². The van der Waals surface area contributed by atoms with Crippen molar-refractivity contribution >= 4 is 17.9 Å². The highest BCUT2D eigenvalue weighted by atomic mass is 16.4. The number of nitrogens with one attached hydrogen (secondary N) is 1. The van der Waals surface area contributed by atoms with Crippen LogP contribution in [0, 0.1) is 35.5 Å². The van der Waals surface area contributed by atoms with E-state index in [1.54, 1.807) is 0 Å². The molecule has 4 N–H and O–H groups in total. The number of aliphatic carboxylic acids is 3. The Morgan fingerprint density at radius 2 is 0.706 bits per heavy atom. The normalized spacial score (nSPS) is 23.7. The minimum atomic E-state index is -0.620. The van der Waals surface area contributed by atoms with Crippen molar-refractivity contribution in [3.05, 3.63) is 268 Å². The van der Waals surface area contributed by atoms with Crippen LogP contribution in [0.5, 0.6) is 0 Å². The highest BCUT2D eigenvalue weighted by molar-refractivity contribution is 5.75. The molecular weight excluding hydrogens is 1560 g/mol. The van der Waals surface area contributed by atoms with E-state index < -0.39 is 17.9 Å². The molecule has 672 valence electrons. The van der Waals surface area contributed by atoms with Gasteiger partial charge in [0.05, 0.1) is 17.1 Å². The van der Waals surface area contributed by atoms with E-state index >= 15 is 0 Å². The fraction of sp³-hybridized carbons (Fsp3) is 0.556. The van der Waals surface area contributed by atoms with Gasteiger partial charge in [-0.2, -0.15) is 15.3 Å². The lowest BCUT2D eigenvalue weighted by molar-refractivity contribution is -0.146. The Bertz CT molecular complexity index is 4750. The van der Waals surface area contributed by atoms with Crippen molar-refractivity contribution in [3.63, 3.8) is 0 Å². The van der Waals surface area contributed by atoms with E-state index in [-0.39, 0.29) is 35.9 Å². The van der Waals surface area contributed by atoms with Crippen molar-refractivity contribution < 1.29 is 29.7 Å². The minimum absolute atomic E-state index is 0.288. The lowest BCUT2D eigenvalue weighted by Crippen LogP contribution is -2.46. The Morgan fingerprint density at radius 3 is 1.08 bits per heavy atom. The van der Waals surface area contributed by atoms with Crippen molar-refractivity contribution in [2.24, 2.45) is 35.5 Å². The summed E-state index contributed by atoms with van der Waals surface area (Å²) in [6.07, 6.45) is 28.9. The van der Waals surface area contributed by atoms with Crippen LogP contribution in [0.1, 0.15) is 265 Å². The highest BCUT2D eigenvalue weighted by Crippen LogP contribution is 2.45. The first kappa shape index (κ1) is 90.5. The van der Waals surface area contributed by atoms with Gasteiger partial charge in [0, 0.05) is 144 Å². The molecule has 6 aliphatic heterocycles. The number of aryl methyl sites for hydroxylation is 2. The van der Waals surface area contributed by atoms with Gasteiger partial charge in [0.1, 0.15) is 18.1 Å². The second-order valence-electron chi connectivity index (χ2n) is 39.3. The molecule has 0 unspecified atom stereocenters. The molecule has 6 saturated heterocycles. The summed E-state index contributed by atoms with van der Waals surface area (Å²) in [5.41, 5.74) is 15.6. The topological polar surface area (TPSA) is 196 Å². The highest BCUT2D eigenvalue weighted by Gasteiger charge is 2.48. The van der Waals surface area contributed by atoms with Crippen LogP contribution in [0.2, 0.25) is 0 Å². The third kappa shape index (κ3) is 23.6. The van der Waals surface area contributed by atoms with Crippen LogP contribution >= 0.6 is 0 Å². The third-order valence-electron chi connectivity index (χ3n) is 30.8. The first-order valence-electron chi connectivity index (χ1n) is 49.3. The molecule has 9 fully saturated rings. The van der Waals surface area contributed by atoms with Crippen LogP contribution in [0.15, 0.2) is 200 Å². The number of carboxylic acids is 3. The standard InChI is InChI=1S/2C37H50N4O2.C34H44N4O2/c1-2-20-41-33(23-28-12-6-3-7-13-28)24-35(38-41)30-18-21-39(22-19-30)25-32-26-40(27-34(32)29-14-8-4-9-15-29)36(37(42)43)31-16-10-5-11-17-31;1-2-20-41-35(24-33(38-41)23-28-12-6-3-7-13-28)30-18-21-39(22-19-30)25-32-26-40(27-34(32)29-14-8-4-9-15-29)36(37(42)43)31-16-10-5-11-17-31;39-34(40)33(28-14-8-3-9-15-28)38-23-29(31(24-38)26-12-6-2-7-13-26)22-37-18-16-27(17-19-37)32-21-30(35-36-32)20-25-10-4-1-5-11-25/h2*3-4,6-9,12-15,24,30-32,34,36H,2,5,10-11,16-23,25-27H2,1H3,(H,42,43);1-2,4-7,10-13,21,27-29,31,33H,3,8-9,14-20,22-24H2,(H,35,36)(H,39,40)/t2*32-,34+,36+;29-,31+,33+/m000/s1. The molecule has 9 atom stereocenters. The van der Waals surface area contributed by atoms with Gasteiger partial charge in [0.2, 0.25) is 0 Å². The molecule has 126 heavy (non-hydrogen) atoms. The maximum absolute atomic E-state index is 12.6. The van der Waals surface area contributed by atoms with Crippen LogP contribution < -0.4 is 0 Å². The summed E-state index contributed by atoms with van der Waals surface area (Å²) in [7, 11) is 0.